The van der Waals surface area contributed by atoms with Crippen LogP contribution >= 0.6 is 0 Å². The molecular weight excluding hydrogens is 418 g/mol. The van der Waals surface area contributed by atoms with Gasteiger partial charge in [-0.05, 0) is 50.2 Å². The van der Waals surface area contributed by atoms with Crippen molar-refractivity contribution in [2.24, 2.45) is 5.92 Å². The van der Waals surface area contributed by atoms with E-state index in [4.69, 9.17) is 0 Å². The third-order valence-corrected chi connectivity index (χ3v) is 6.73. The molecule has 33 heavy (non-hydrogen) atoms. The molecule has 0 radical (unpaired) electrons. The number of hydrogen-bond acceptors (Lipinski definition) is 7. The van der Waals surface area contributed by atoms with Crippen LogP contribution in [-0.2, 0) is 17.8 Å². The zero-order valence-corrected chi connectivity index (χ0v) is 19.2. The van der Waals surface area contributed by atoms with E-state index in [1.807, 2.05) is 6.07 Å². The first-order valence-corrected chi connectivity index (χ1v) is 11.8. The van der Waals surface area contributed by atoms with Gasteiger partial charge in [0.05, 0.1) is 6.10 Å². The summed E-state index contributed by atoms with van der Waals surface area (Å²) in [6.07, 6.45) is 5.27. The van der Waals surface area contributed by atoms with Gasteiger partial charge in [0.25, 0.3) is 5.91 Å². The molecule has 0 bridgehead atoms. The molecule has 1 amide bonds. The van der Waals surface area contributed by atoms with E-state index in [0.717, 1.165) is 45.2 Å². The van der Waals surface area contributed by atoms with Crippen LogP contribution in [0.15, 0.2) is 36.7 Å². The van der Waals surface area contributed by atoms with E-state index in [-0.39, 0.29) is 35.9 Å². The number of ketones is 1. The average molecular weight is 452 g/mol. The second-order valence-electron chi connectivity index (χ2n) is 9.21. The number of nitrogens with zero attached hydrogens (tertiary/aromatic N) is 3. The Kier molecular flexibility index (Phi) is 7.67. The van der Waals surface area contributed by atoms with Crippen LogP contribution in [-0.4, -0.2) is 63.4 Å². The number of nitrogens with one attached hydrogen (secondary N) is 2. The lowest BCUT2D eigenvalue weighted by Gasteiger charge is -2.30. The molecule has 1 fully saturated rings. The number of anilines is 1. The van der Waals surface area contributed by atoms with Crippen molar-refractivity contribution in [2.45, 2.75) is 57.7 Å². The monoisotopic (exact) mass is 451 g/mol. The van der Waals surface area contributed by atoms with Gasteiger partial charge in [-0.1, -0.05) is 24.3 Å². The number of aliphatic hydroxyl groups excluding tert-OH is 1. The minimum atomic E-state index is -0.657. The molecule has 8 heteroatoms. The van der Waals surface area contributed by atoms with Crippen LogP contribution in [0, 0.1) is 5.92 Å². The molecule has 1 aromatic heterocycles. The van der Waals surface area contributed by atoms with Crippen LogP contribution in [0.3, 0.4) is 0 Å². The van der Waals surface area contributed by atoms with Gasteiger partial charge >= 0.3 is 0 Å². The summed E-state index contributed by atoms with van der Waals surface area (Å²) < 4.78 is 0. The molecule has 0 spiro atoms. The van der Waals surface area contributed by atoms with Gasteiger partial charge in [-0.25, -0.2) is 9.97 Å². The maximum atomic E-state index is 12.6. The molecule has 4 rings (SSSR count). The van der Waals surface area contributed by atoms with E-state index in [1.54, 1.807) is 13.0 Å². The Morgan fingerprint density at radius 1 is 1.15 bits per heavy atom. The number of amides is 1. The standard InChI is InChI=1S/C25H33N5O3/c1-17(31)18-6-8-21(9-7-18)29-24-12-23(27-16-28-24)25(33)26-13-22(32)15-30-11-10-19-4-2-3-5-20(19)14-30/h2-5,12,16,18,21-22,32H,6-11,13-15H2,1H3,(H,26,33)(H,27,28,29)/t18-,21-,22-/m0/s1. The summed E-state index contributed by atoms with van der Waals surface area (Å²) in [5, 5.41) is 16.6. The van der Waals surface area contributed by atoms with Gasteiger partial charge in [-0.15, -0.1) is 0 Å². The molecule has 0 saturated heterocycles. The number of carbonyl (C=O) groups excluding carboxylic acids is 2. The predicted molar refractivity (Wildman–Crippen MR) is 126 cm³/mol. The number of fused-ring (bicyclic) bond motifs is 1. The van der Waals surface area contributed by atoms with Crippen molar-refractivity contribution < 1.29 is 14.7 Å². The van der Waals surface area contributed by atoms with E-state index in [2.05, 4.69) is 43.7 Å². The molecule has 1 aliphatic carbocycles. The Hall–Kier alpha value is -2.84. The lowest BCUT2D eigenvalue weighted by atomic mass is 9.84. The van der Waals surface area contributed by atoms with Gasteiger partial charge in [0.1, 0.15) is 23.6 Å². The summed E-state index contributed by atoms with van der Waals surface area (Å²) in [7, 11) is 0. The van der Waals surface area contributed by atoms with E-state index in [0.29, 0.717) is 12.4 Å². The average Bonchev–Trinajstić information content (AvgIpc) is 2.83. The smallest absolute Gasteiger partial charge is 0.270 e. The number of β-amino-alcohol motifs (C(OH)–C–C–N with tert-alkyl or cyclic N) is 1. The minimum Gasteiger partial charge on any atom is -0.390 e. The van der Waals surface area contributed by atoms with Crippen LogP contribution in [0.2, 0.25) is 0 Å². The Balaban J connectivity index is 1.23. The second kappa shape index (κ2) is 10.9. The quantitative estimate of drug-likeness (QED) is 0.565. The zero-order valence-electron chi connectivity index (χ0n) is 19.2. The van der Waals surface area contributed by atoms with E-state index < -0.39 is 6.10 Å². The summed E-state index contributed by atoms with van der Waals surface area (Å²) in [5.41, 5.74) is 2.94. The van der Waals surface area contributed by atoms with Gasteiger partial charge in [0.15, 0.2) is 0 Å². The van der Waals surface area contributed by atoms with E-state index in [9.17, 15) is 14.7 Å². The van der Waals surface area contributed by atoms with Crippen LogP contribution in [0.25, 0.3) is 0 Å². The highest BCUT2D eigenvalue weighted by Gasteiger charge is 2.24. The highest BCUT2D eigenvalue weighted by atomic mass is 16.3. The van der Waals surface area contributed by atoms with Crippen molar-refractivity contribution in [3.05, 3.63) is 53.5 Å². The lowest BCUT2D eigenvalue weighted by molar-refractivity contribution is -0.121. The minimum absolute atomic E-state index is 0.165. The van der Waals surface area contributed by atoms with Crippen molar-refractivity contribution >= 4 is 17.5 Å². The molecule has 0 unspecified atom stereocenters. The molecule has 8 nitrogen and oxygen atoms in total. The van der Waals surface area contributed by atoms with E-state index in [1.165, 1.54) is 17.5 Å². The maximum Gasteiger partial charge on any atom is 0.270 e. The fraction of sp³-hybridized carbons (Fsp3) is 0.520. The Labute approximate surface area is 194 Å². The van der Waals surface area contributed by atoms with E-state index >= 15 is 0 Å². The molecule has 1 aliphatic heterocycles. The maximum absolute atomic E-state index is 12.6. The van der Waals surface area contributed by atoms with Crippen LogP contribution in [0.5, 0.6) is 0 Å². The molecule has 1 saturated carbocycles. The Morgan fingerprint density at radius 3 is 2.67 bits per heavy atom. The van der Waals surface area contributed by atoms with Crippen molar-refractivity contribution in [1.82, 2.24) is 20.2 Å². The van der Waals surface area contributed by atoms with Crippen LogP contribution < -0.4 is 10.6 Å². The molecule has 2 aromatic rings. The summed E-state index contributed by atoms with van der Waals surface area (Å²) >= 11 is 0. The third kappa shape index (κ3) is 6.36. The van der Waals surface area contributed by atoms with Gasteiger partial charge in [-0.2, -0.15) is 0 Å². The third-order valence-electron chi connectivity index (χ3n) is 6.73. The lowest BCUT2D eigenvalue weighted by Crippen LogP contribution is -2.42. The molecule has 176 valence electrons. The highest BCUT2D eigenvalue weighted by molar-refractivity contribution is 5.92. The predicted octanol–water partition coefficient (Wildman–Crippen LogP) is 2.19. The number of carbonyl (C=O) groups is 2. The van der Waals surface area contributed by atoms with Crippen molar-refractivity contribution in [2.75, 3.05) is 25.0 Å². The topological polar surface area (TPSA) is 107 Å². The second-order valence-corrected chi connectivity index (χ2v) is 9.21. The highest BCUT2D eigenvalue weighted by Crippen LogP contribution is 2.26. The SMILES string of the molecule is CC(=O)[C@H]1CC[C@H](Nc2cc(C(=O)NC[C@H](O)CN3CCc4ccccc4C3)ncn2)CC1. The number of aliphatic hydroxyl groups is 1. The number of rotatable bonds is 8. The molecule has 2 aliphatic rings. The largest absolute Gasteiger partial charge is 0.390 e. The summed E-state index contributed by atoms with van der Waals surface area (Å²) in [6, 6.07) is 10.3. The Bertz CT molecular complexity index is 974. The van der Waals surface area contributed by atoms with Gasteiger partial charge < -0.3 is 15.7 Å². The molecule has 1 aromatic carbocycles. The number of benzene rings is 1. The van der Waals surface area contributed by atoms with Gasteiger partial charge in [0, 0.05) is 44.2 Å². The number of Topliss-reactive ketones (excluding diaryl/α,β-unsaturated/α-hetero) is 1. The number of aromatic nitrogens is 2. The van der Waals surface area contributed by atoms with Crippen LogP contribution in [0.1, 0.15) is 54.2 Å². The summed E-state index contributed by atoms with van der Waals surface area (Å²) in [6.45, 7) is 4.05. The van der Waals surface area contributed by atoms with Crippen molar-refractivity contribution in [1.29, 1.82) is 0 Å². The summed E-state index contributed by atoms with van der Waals surface area (Å²) in [4.78, 5) is 34.7. The zero-order chi connectivity index (χ0) is 23.2. The number of hydrogen-bond donors (Lipinski definition) is 3. The van der Waals surface area contributed by atoms with Crippen LogP contribution in [0.4, 0.5) is 5.82 Å². The first kappa shape index (κ1) is 23.3. The first-order valence-electron chi connectivity index (χ1n) is 11.8. The van der Waals surface area contributed by atoms with Crippen molar-refractivity contribution in [3.63, 3.8) is 0 Å². The fourth-order valence-electron chi connectivity index (χ4n) is 4.79. The fourth-order valence-corrected chi connectivity index (χ4v) is 4.79. The molecular formula is C25H33N5O3. The normalized spacial score (nSPS) is 21.6. The summed E-state index contributed by atoms with van der Waals surface area (Å²) in [5.74, 6) is 0.709. The molecule has 3 N–H and O–H groups in total. The Morgan fingerprint density at radius 2 is 1.91 bits per heavy atom. The van der Waals surface area contributed by atoms with Gasteiger partial charge in [0.2, 0.25) is 0 Å². The molecule has 2 heterocycles. The first-order chi connectivity index (χ1) is 16.0. The van der Waals surface area contributed by atoms with Crippen molar-refractivity contribution in [3.8, 4) is 0 Å². The molecule has 1 atom stereocenters. The van der Waals surface area contributed by atoms with Gasteiger partial charge in [-0.3, -0.25) is 14.5 Å².